The number of likely N-dealkylation sites (tertiary alicyclic amines) is 1. The maximum Gasteiger partial charge on any atom is 0.330 e. The molecule has 1 N–H and O–H groups in total. The number of fused-ring (bicyclic) bond motifs is 3. The third kappa shape index (κ3) is 5.84. The first-order valence-electron chi connectivity index (χ1n) is 17.7. The molecule has 1 saturated heterocycles. The molecule has 3 aliphatic rings. The van der Waals surface area contributed by atoms with Crippen LogP contribution in [0.3, 0.4) is 0 Å². The summed E-state index contributed by atoms with van der Waals surface area (Å²) >= 11 is 14.2. The summed E-state index contributed by atoms with van der Waals surface area (Å²) < 4.78 is 41.1. The highest BCUT2D eigenvalue weighted by Crippen LogP contribution is 2.56. The van der Waals surface area contributed by atoms with Gasteiger partial charge in [0, 0.05) is 55.5 Å². The van der Waals surface area contributed by atoms with E-state index < -0.39 is 23.4 Å². The predicted octanol–water partition coefficient (Wildman–Crippen LogP) is 7.09. The van der Waals surface area contributed by atoms with Gasteiger partial charge < -0.3 is 14.8 Å². The highest BCUT2D eigenvalue weighted by atomic mass is 35.5. The number of piperidine rings is 1. The molecule has 3 aromatic heterocycles. The summed E-state index contributed by atoms with van der Waals surface area (Å²) in [6.45, 7) is 3.91. The van der Waals surface area contributed by atoms with Gasteiger partial charge in [0.2, 0.25) is 5.88 Å². The number of nitrogens with one attached hydrogen (secondary N) is 1. The second-order valence-electron chi connectivity index (χ2n) is 14.0. The molecule has 4 heterocycles. The topological polar surface area (TPSA) is 121 Å². The standard InChI is InChI=1S/C39H36Cl2F2N6O5/c1-5-54-38(51)30-22-16-49(17-23(22)30)27-13-12-18-14-25(46-36(53-4)29(18)27)21-10-6-8-19(32(21)40)20-9-7-11-24(33(20)41)44-35-31-28(15-26(45-35)34(42)43)47(2)39(52)48(3)37(31)50/h6-11,14-15,22-23,27,30,34H,5,12-13,16-17H2,1-4H3,(H,44,45)/t22-,23+,27-,30?/m1/s1. The number of ether oxygens (including phenoxy) is 2. The van der Waals surface area contributed by atoms with Crippen molar-refractivity contribution in [3.8, 4) is 28.3 Å². The summed E-state index contributed by atoms with van der Waals surface area (Å²) in [7, 11) is 4.32. The van der Waals surface area contributed by atoms with E-state index in [0.717, 1.165) is 52.3 Å². The van der Waals surface area contributed by atoms with Crippen LogP contribution in [-0.2, 0) is 30.0 Å². The van der Waals surface area contributed by atoms with Gasteiger partial charge in [-0.3, -0.25) is 23.6 Å². The Labute approximate surface area is 318 Å². The molecule has 1 aliphatic heterocycles. The molecular weight excluding hydrogens is 741 g/mol. The fraction of sp³-hybridized carbons (Fsp3) is 0.359. The van der Waals surface area contributed by atoms with Gasteiger partial charge in [0.1, 0.15) is 16.9 Å². The summed E-state index contributed by atoms with van der Waals surface area (Å²) in [6.07, 6.45) is -1.22. The number of benzene rings is 2. The van der Waals surface area contributed by atoms with Crippen molar-refractivity contribution < 1.29 is 23.0 Å². The van der Waals surface area contributed by atoms with Crippen molar-refractivity contribution >= 4 is 51.6 Å². The molecule has 2 aliphatic carbocycles. The van der Waals surface area contributed by atoms with E-state index >= 15 is 0 Å². The lowest BCUT2D eigenvalue weighted by molar-refractivity contribution is -0.145. The van der Waals surface area contributed by atoms with Crippen molar-refractivity contribution in [2.45, 2.75) is 32.2 Å². The van der Waals surface area contributed by atoms with E-state index in [4.69, 9.17) is 37.7 Å². The van der Waals surface area contributed by atoms with Crippen molar-refractivity contribution in [3.63, 3.8) is 0 Å². The van der Waals surface area contributed by atoms with E-state index in [1.54, 1.807) is 25.3 Å². The largest absolute Gasteiger partial charge is 0.481 e. The van der Waals surface area contributed by atoms with Gasteiger partial charge in [0.15, 0.2) is 0 Å². The number of rotatable bonds is 9. The molecule has 1 unspecified atom stereocenters. The second kappa shape index (κ2) is 13.8. The number of halogens is 4. The smallest absolute Gasteiger partial charge is 0.330 e. The molecule has 280 valence electrons. The number of methoxy groups -OCH3 is 1. The Morgan fingerprint density at radius 2 is 1.67 bits per heavy atom. The SMILES string of the molecule is CCOC(=O)C1[C@H]2CN([C@@H]3CCc4cc(-c5cccc(-c6cccc(Nc7nc(C(F)F)cc8c7c(=O)n(C)c(=O)n8C)c6Cl)c5Cl)nc(OC)c43)C[C@@H]12. The number of carbonyl (C=O) groups excluding carboxylic acids is 1. The van der Waals surface area contributed by atoms with Gasteiger partial charge in [-0.15, -0.1) is 0 Å². The normalized spacial score (nSPS) is 20.3. The number of hydrogen-bond donors (Lipinski definition) is 1. The van der Waals surface area contributed by atoms with Gasteiger partial charge in [-0.25, -0.2) is 23.5 Å². The lowest BCUT2D eigenvalue weighted by atomic mass is 9.99. The van der Waals surface area contributed by atoms with Crippen LogP contribution in [0.15, 0.2) is 58.1 Å². The molecule has 54 heavy (non-hydrogen) atoms. The number of aryl methyl sites for hydroxylation is 2. The number of nitrogens with zero attached hydrogens (tertiary/aromatic N) is 5. The van der Waals surface area contributed by atoms with E-state index in [1.165, 1.54) is 14.1 Å². The van der Waals surface area contributed by atoms with Gasteiger partial charge in [-0.1, -0.05) is 53.5 Å². The fourth-order valence-corrected chi connectivity index (χ4v) is 8.95. The van der Waals surface area contributed by atoms with E-state index in [0.29, 0.717) is 51.7 Å². The summed E-state index contributed by atoms with van der Waals surface area (Å²) in [6, 6.07) is 13.9. The van der Waals surface area contributed by atoms with Gasteiger partial charge in [0.25, 0.3) is 12.0 Å². The van der Waals surface area contributed by atoms with Crippen molar-refractivity contribution in [2.75, 3.05) is 32.1 Å². The number of anilines is 2. The summed E-state index contributed by atoms with van der Waals surface area (Å²) in [5, 5.41) is 3.52. The summed E-state index contributed by atoms with van der Waals surface area (Å²) in [5.41, 5.74) is 2.92. The molecule has 11 nitrogen and oxygen atoms in total. The van der Waals surface area contributed by atoms with Crippen LogP contribution in [-0.4, -0.2) is 56.8 Å². The Kier molecular flexibility index (Phi) is 9.22. The molecule has 2 fully saturated rings. The summed E-state index contributed by atoms with van der Waals surface area (Å²) in [5.74, 6) is 0.937. The summed E-state index contributed by atoms with van der Waals surface area (Å²) in [4.78, 5) is 49.7. The van der Waals surface area contributed by atoms with E-state index in [1.807, 2.05) is 25.1 Å². The van der Waals surface area contributed by atoms with Crippen molar-refractivity contribution in [3.05, 3.63) is 96.2 Å². The maximum atomic E-state index is 14.0. The fourth-order valence-electron chi connectivity index (χ4n) is 8.36. The lowest BCUT2D eigenvalue weighted by Gasteiger charge is -2.28. The number of carbonyl (C=O) groups is 1. The van der Waals surface area contributed by atoms with Crippen molar-refractivity contribution in [1.29, 1.82) is 0 Å². The zero-order chi connectivity index (χ0) is 38.2. The van der Waals surface area contributed by atoms with Crippen LogP contribution in [0, 0.1) is 17.8 Å². The maximum absolute atomic E-state index is 14.0. The highest BCUT2D eigenvalue weighted by Gasteiger charge is 2.61. The molecule has 5 aromatic rings. The molecule has 0 spiro atoms. The van der Waals surface area contributed by atoms with Crippen LogP contribution >= 0.6 is 23.2 Å². The van der Waals surface area contributed by atoms with E-state index in [2.05, 4.69) is 21.3 Å². The third-order valence-electron chi connectivity index (χ3n) is 11.1. The number of pyridine rings is 2. The Morgan fingerprint density at radius 1 is 0.981 bits per heavy atom. The molecule has 2 aromatic carbocycles. The third-order valence-corrected chi connectivity index (χ3v) is 11.9. The Morgan fingerprint density at radius 3 is 2.35 bits per heavy atom. The first kappa shape index (κ1) is 36.1. The first-order chi connectivity index (χ1) is 25.9. The van der Waals surface area contributed by atoms with Crippen LogP contribution in [0.2, 0.25) is 10.0 Å². The van der Waals surface area contributed by atoms with Crippen LogP contribution in [0.4, 0.5) is 20.3 Å². The lowest BCUT2D eigenvalue weighted by Crippen LogP contribution is -2.37. The molecule has 0 amide bonds. The average Bonchev–Trinajstić information content (AvgIpc) is 3.42. The quantitative estimate of drug-likeness (QED) is 0.157. The van der Waals surface area contributed by atoms with Gasteiger partial charge in [-0.2, -0.15) is 0 Å². The molecule has 15 heteroatoms. The Hall–Kier alpha value is -4.85. The molecule has 8 rings (SSSR count). The zero-order valence-electron chi connectivity index (χ0n) is 29.8. The number of alkyl halides is 2. The second-order valence-corrected chi connectivity index (χ2v) is 14.7. The minimum absolute atomic E-state index is 0.00203. The predicted molar refractivity (Wildman–Crippen MR) is 202 cm³/mol. The minimum atomic E-state index is -2.97. The molecule has 4 atom stereocenters. The van der Waals surface area contributed by atoms with E-state index in [9.17, 15) is 23.2 Å². The number of hydrogen-bond acceptors (Lipinski definition) is 9. The average molecular weight is 778 g/mol. The minimum Gasteiger partial charge on any atom is -0.481 e. The van der Waals surface area contributed by atoms with Gasteiger partial charge >= 0.3 is 11.7 Å². The number of esters is 1. The van der Waals surface area contributed by atoms with Crippen molar-refractivity contribution in [1.82, 2.24) is 24.0 Å². The zero-order valence-corrected chi connectivity index (χ0v) is 31.3. The van der Waals surface area contributed by atoms with Gasteiger partial charge in [-0.05, 0) is 55.4 Å². The number of aromatic nitrogens is 4. The van der Waals surface area contributed by atoms with E-state index in [-0.39, 0.29) is 45.4 Å². The van der Waals surface area contributed by atoms with Crippen LogP contribution < -0.4 is 21.3 Å². The molecule has 0 bridgehead atoms. The van der Waals surface area contributed by atoms with Crippen LogP contribution in [0.5, 0.6) is 5.88 Å². The molecule has 1 saturated carbocycles. The monoisotopic (exact) mass is 776 g/mol. The Balaban J connectivity index is 1.12. The highest BCUT2D eigenvalue weighted by molar-refractivity contribution is 6.39. The molecule has 0 radical (unpaired) electrons. The first-order valence-corrected chi connectivity index (χ1v) is 18.4. The van der Waals surface area contributed by atoms with Gasteiger partial charge in [0.05, 0.1) is 46.6 Å². The van der Waals surface area contributed by atoms with Crippen LogP contribution in [0.25, 0.3) is 33.3 Å². The molecular formula is C39H36Cl2F2N6O5. The Bertz CT molecular complexity index is 2480. The van der Waals surface area contributed by atoms with Crippen LogP contribution in [0.1, 0.15) is 42.6 Å². The van der Waals surface area contributed by atoms with Crippen molar-refractivity contribution in [2.24, 2.45) is 31.8 Å².